The summed E-state index contributed by atoms with van der Waals surface area (Å²) in [5.74, 6) is -1.08. The van der Waals surface area contributed by atoms with Crippen LogP contribution in [0.3, 0.4) is 0 Å². The fourth-order valence-electron chi connectivity index (χ4n) is 2.61. The van der Waals surface area contributed by atoms with Gasteiger partial charge in [0.1, 0.15) is 11.6 Å². The minimum Gasteiger partial charge on any atom is -0.508 e. The summed E-state index contributed by atoms with van der Waals surface area (Å²) in [4.78, 5) is 12.0. The first-order valence-corrected chi connectivity index (χ1v) is 6.61. The molecule has 0 aliphatic heterocycles. The molecule has 1 amide bonds. The number of rotatable bonds is 3. The van der Waals surface area contributed by atoms with Crippen molar-refractivity contribution < 1.29 is 14.3 Å². The smallest absolute Gasteiger partial charge is 0.254 e. The van der Waals surface area contributed by atoms with Crippen LogP contribution in [0, 0.1) is 11.7 Å². The Labute approximate surface area is 111 Å². The number of halogens is 1. The number of amides is 1. The van der Waals surface area contributed by atoms with Gasteiger partial charge in [0, 0.05) is 12.1 Å². The van der Waals surface area contributed by atoms with Crippen LogP contribution in [0.4, 0.5) is 4.39 Å². The number of hydrogen-bond donors (Lipinski definition) is 3. The van der Waals surface area contributed by atoms with Crippen LogP contribution in [0.2, 0.25) is 0 Å². The number of phenols is 1. The fourth-order valence-corrected chi connectivity index (χ4v) is 2.61. The van der Waals surface area contributed by atoms with E-state index >= 15 is 0 Å². The molecule has 0 radical (unpaired) electrons. The summed E-state index contributed by atoms with van der Waals surface area (Å²) in [6, 6.07) is 3.55. The molecule has 4 N–H and O–H groups in total. The van der Waals surface area contributed by atoms with Crippen molar-refractivity contribution in [2.75, 3.05) is 6.54 Å². The Kier molecular flexibility index (Phi) is 4.37. The van der Waals surface area contributed by atoms with Crippen LogP contribution in [0.5, 0.6) is 5.75 Å². The van der Waals surface area contributed by atoms with Gasteiger partial charge in [0.05, 0.1) is 5.56 Å². The first-order valence-electron chi connectivity index (χ1n) is 6.61. The second-order valence-corrected chi connectivity index (χ2v) is 5.02. The highest BCUT2D eigenvalue weighted by Gasteiger charge is 2.26. The Morgan fingerprint density at radius 3 is 2.84 bits per heavy atom. The topological polar surface area (TPSA) is 75.3 Å². The van der Waals surface area contributed by atoms with Crippen molar-refractivity contribution in [3.05, 3.63) is 29.6 Å². The molecule has 1 fully saturated rings. The predicted octanol–water partition coefficient (Wildman–Crippen LogP) is 1.78. The first-order chi connectivity index (χ1) is 9.11. The minimum absolute atomic E-state index is 0.0134. The quantitative estimate of drug-likeness (QED) is 0.780. The highest BCUT2D eigenvalue weighted by Crippen LogP contribution is 2.24. The molecular formula is C14H19FN2O2. The molecule has 4 nitrogen and oxygen atoms in total. The zero-order valence-electron chi connectivity index (χ0n) is 10.7. The minimum atomic E-state index is -0.711. The Morgan fingerprint density at radius 1 is 1.42 bits per heavy atom. The van der Waals surface area contributed by atoms with E-state index in [-0.39, 0.29) is 23.3 Å². The summed E-state index contributed by atoms with van der Waals surface area (Å²) in [5, 5.41) is 12.0. The van der Waals surface area contributed by atoms with Gasteiger partial charge < -0.3 is 16.2 Å². The fraction of sp³-hybridized carbons (Fsp3) is 0.500. The molecule has 1 aliphatic carbocycles. The molecule has 1 aliphatic rings. The third-order valence-electron chi connectivity index (χ3n) is 3.73. The molecule has 0 heterocycles. The molecule has 0 aromatic heterocycles. The molecule has 2 unspecified atom stereocenters. The van der Waals surface area contributed by atoms with Crippen LogP contribution < -0.4 is 11.1 Å². The van der Waals surface area contributed by atoms with E-state index in [1.165, 1.54) is 12.1 Å². The zero-order chi connectivity index (χ0) is 13.8. The normalized spacial score (nSPS) is 23.1. The average molecular weight is 266 g/mol. The maximum absolute atomic E-state index is 13.6. The highest BCUT2D eigenvalue weighted by atomic mass is 19.1. The highest BCUT2D eigenvalue weighted by molar-refractivity contribution is 5.94. The molecule has 1 saturated carbocycles. The second-order valence-electron chi connectivity index (χ2n) is 5.02. The number of nitrogens with one attached hydrogen (secondary N) is 1. The lowest BCUT2D eigenvalue weighted by Crippen LogP contribution is -2.44. The van der Waals surface area contributed by atoms with E-state index < -0.39 is 11.7 Å². The van der Waals surface area contributed by atoms with Gasteiger partial charge in [-0.25, -0.2) is 4.39 Å². The monoisotopic (exact) mass is 266 g/mol. The predicted molar refractivity (Wildman–Crippen MR) is 70.3 cm³/mol. The number of benzene rings is 1. The van der Waals surface area contributed by atoms with E-state index in [1.807, 2.05) is 0 Å². The number of aromatic hydroxyl groups is 1. The van der Waals surface area contributed by atoms with E-state index in [0.29, 0.717) is 6.54 Å². The van der Waals surface area contributed by atoms with Crippen LogP contribution in [0.15, 0.2) is 18.2 Å². The van der Waals surface area contributed by atoms with Crippen LogP contribution in [-0.4, -0.2) is 23.6 Å². The van der Waals surface area contributed by atoms with E-state index in [9.17, 15) is 9.18 Å². The van der Waals surface area contributed by atoms with Crippen LogP contribution in [0.1, 0.15) is 36.0 Å². The SMILES string of the molecule is NCC1CCCCC1NC(=O)c1ccc(O)cc1F. The Bertz CT molecular complexity index is 465. The Hall–Kier alpha value is -1.62. The molecule has 2 atom stereocenters. The molecule has 0 saturated heterocycles. The largest absolute Gasteiger partial charge is 0.508 e. The standard InChI is InChI=1S/C14H19FN2O2/c15-12-7-10(18)5-6-11(12)14(19)17-13-4-2-1-3-9(13)8-16/h5-7,9,13,18H,1-4,8,16H2,(H,17,19). The van der Waals surface area contributed by atoms with Crippen molar-refractivity contribution in [1.82, 2.24) is 5.32 Å². The number of hydrogen-bond acceptors (Lipinski definition) is 3. The number of nitrogens with two attached hydrogens (primary N) is 1. The summed E-state index contributed by atoms with van der Waals surface area (Å²) in [5.41, 5.74) is 5.66. The van der Waals surface area contributed by atoms with Crippen LogP contribution in [-0.2, 0) is 0 Å². The van der Waals surface area contributed by atoms with Gasteiger partial charge in [0.2, 0.25) is 0 Å². The summed E-state index contributed by atoms with van der Waals surface area (Å²) in [6.07, 6.45) is 4.06. The number of carbonyl (C=O) groups excluding carboxylic acids is 1. The molecule has 104 valence electrons. The third kappa shape index (κ3) is 3.23. The Morgan fingerprint density at radius 2 is 2.16 bits per heavy atom. The van der Waals surface area contributed by atoms with Gasteiger partial charge in [-0.3, -0.25) is 4.79 Å². The summed E-state index contributed by atoms with van der Waals surface area (Å²) < 4.78 is 13.6. The van der Waals surface area contributed by atoms with Crippen molar-refractivity contribution in [2.45, 2.75) is 31.7 Å². The lowest BCUT2D eigenvalue weighted by molar-refractivity contribution is 0.0904. The van der Waals surface area contributed by atoms with Gasteiger partial charge in [-0.2, -0.15) is 0 Å². The van der Waals surface area contributed by atoms with Gasteiger partial charge in [0.15, 0.2) is 0 Å². The van der Waals surface area contributed by atoms with E-state index in [0.717, 1.165) is 31.7 Å². The average Bonchev–Trinajstić information content (AvgIpc) is 2.39. The Balaban J connectivity index is 2.07. The van der Waals surface area contributed by atoms with E-state index in [1.54, 1.807) is 0 Å². The second kappa shape index (κ2) is 6.02. The molecular weight excluding hydrogens is 247 g/mol. The summed E-state index contributed by atoms with van der Waals surface area (Å²) in [7, 11) is 0. The molecule has 1 aromatic rings. The lowest BCUT2D eigenvalue weighted by atomic mass is 9.84. The van der Waals surface area contributed by atoms with Crippen molar-refractivity contribution in [3.63, 3.8) is 0 Å². The van der Waals surface area contributed by atoms with Gasteiger partial charge in [-0.05, 0) is 37.4 Å². The van der Waals surface area contributed by atoms with E-state index in [4.69, 9.17) is 10.8 Å². The summed E-state index contributed by atoms with van der Waals surface area (Å²) >= 11 is 0. The molecule has 5 heteroatoms. The molecule has 0 spiro atoms. The number of phenolic OH excluding ortho intramolecular Hbond substituents is 1. The lowest BCUT2D eigenvalue weighted by Gasteiger charge is -2.31. The van der Waals surface area contributed by atoms with Crippen molar-refractivity contribution in [2.24, 2.45) is 11.7 Å². The van der Waals surface area contributed by atoms with Gasteiger partial charge in [-0.15, -0.1) is 0 Å². The van der Waals surface area contributed by atoms with Gasteiger partial charge in [-0.1, -0.05) is 12.8 Å². The van der Waals surface area contributed by atoms with Crippen molar-refractivity contribution >= 4 is 5.91 Å². The molecule has 1 aromatic carbocycles. The van der Waals surface area contributed by atoms with Crippen molar-refractivity contribution in [3.8, 4) is 5.75 Å². The van der Waals surface area contributed by atoms with Gasteiger partial charge in [0.25, 0.3) is 5.91 Å². The zero-order valence-corrected chi connectivity index (χ0v) is 10.7. The van der Waals surface area contributed by atoms with E-state index in [2.05, 4.69) is 5.32 Å². The molecule has 2 rings (SSSR count). The third-order valence-corrected chi connectivity index (χ3v) is 3.73. The van der Waals surface area contributed by atoms with Crippen LogP contribution in [0.25, 0.3) is 0 Å². The molecule has 0 bridgehead atoms. The summed E-state index contributed by atoms with van der Waals surface area (Å²) in [6.45, 7) is 0.531. The molecule has 19 heavy (non-hydrogen) atoms. The first kappa shape index (κ1) is 13.8. The van der Waals surface area contributed by atoms with Crippen LogP contribution >= 0.6 is 0 Å². The maximum Gasteiger partial charge on any atom is 0.254 e. The van der Waals surface area contributed by atoms with Crippen molar-refractivity contribution in [1.29, 1.82) is 0 Å². The number of carbonyl (C=O) groups is 1. The van der Waals surface area contributed by atoms with Gasteiger partial charge >= 0.3 is 0 Å². The maximum atomic E-state index is 13.6.